The van der Waals surface area contributed by atoms with E-state index in [9.17, 15) is 9.59 Å². The summed E-state index contributed by atoms with van der Waals surface area (Å²) >= 11 is 0. The Morgan fingerprint density at radius 1 is 0.789 bits per heavy atom. The van der Waals surface area contributed by atoms with Crippen molar-refractivity contribution in [1.82, 2.24) is 4.98 Å². The Bertz CT molecular complexity index is 1930. The van der Waals surface area contributed by atoms with Crippen LogP contribution in [-0.2, 0) is 0 Å². The molecule has 186 valence electrons. The molecule has 6 rings (SSSR count). The molecule has 1 amide bonds. The van der Waals surface area contributed by atoms with E-state index in [-0.39, 0.29) is 5.91 Å². The topological polar surface area (TPSA) is 85.3 Å². The minimum Gasteiger partial charge on any atom is -0.436 e. The predicted octanol–water partition coefficient (Wildman–Crippen LogP) is 7.45. The van der Waals surface area contributed by atoms with Crippen LogP contribution in [0.4, 0.5) is 5.69 Å². The summed E-state index contributed by atoms with van der Waals surface area (Å²) in [6.45, 7) is 5.96. The van der Waals surface area contributed by atoms with Crippen LogP contribution in [0.15, 0.2) is 98.6 Å². The fraction of sp³-hybridized carbons (Fsp3) is 0.0938. The van der Waals surface area contributed by atoms with Crippen molar-refractivity contribution >= 4 is 33.7 Å². The fourth-order valence-electron chi connectivity index (χ4n) is 4.68. The molecule has 6 heteroatoms. The maximum Gasteiger partial charge on any atom is 0.344 e. The quantitative estimate of drug-likeness (QED) is 0.254. The number of aromatic nitrogens is 1. The molecule has 0 unspecified atom stereocenters. The predicted molar refractivity (Wildman–Crippen MR) is 150 cm³/mol. The summed E-state index contributed by atoms with van der Waals surface area (Å²) in [7, 11) is 0. The van der Waals surface area contributed by atoms with Gasteiger partial charge in [0.2, 0.25) is 5.89 Å². The Labute approximate surface area is 218 Å². The number of hydrogen-bond donors (Lipinski definition) is 1. The molecule has 1 N–H and O–H groups in total. The molecule has 0 fully saturated rings. The first-order valence-electron chi connectivity index (χ1n) is 12.3. The number of carbonyl (C=O) groups excluding carboxylic acids is 1. The minimum atomic E-state index is -0.450. The molecule has 0 saturated carbocycles. The van der Waals surface area contributed by atoms with Crippen LogP contribution in [0, 0.1) is 20.8 Å². The average molecular weight is 501 g/mol. The SMILES string of the molecule is Cc1cc(C)c2oc(-c3ccc(C)c(NC(=O)c4cccc(-c5cc6ccccc6oc5=O)c4)c3)nc2c1. The highest BCUT2D eigenvalue weighted by Gasteiger charge is 2.15. The van der Waals surface area contributed by atoms with E-state index in [2.05, 4.69) is 16.4 Å². The molecule has 0 spiro atoms. The monoisotopic (exact) mass is 500 g/mol. The van der Waals surface area contributed by atoms with Crippen molar-refractivity contribution in [3.8, 4) is 22.6 Å². The molecule has 6 nitrogen and oxygen atoms in total. The number of nitrogens with zero attached hydrogens (tertiary/aromatic N) is 1. The second kappa shape index (κ2) is 9.16. The summed E-state index contributed by atoms with van der Waals surface area (Å²) in [6, 6.07) is 25.9. The Hall–Kier alpha value is -4.97. The van der Waals surface area contributed by atoms with E-state index >= 15 is 0 Å². The lowest BCUT2D eigenvalue weighted by molar-refractivity contribution is 0.102. The van der Waals surface area contributed by atoms with E-state index in [4.69, 9.17) is 8.83 Å². The van der Waals surface area contributed by atoms with Crippen molar-refractivity contribution in [3.05, 3.63) is 118 Å². The van der Waals surface area contributed by atoms with Gasteiger partial charge >= 0.3 is 5.63 Å². The van der Waals surface area contributed by atoms with E-state index in [0.717, 1.165) is 38.7 Å². The van der Waals surface area contributed by atoms with Gasteiger partial charge in [-0.3, -0.25) is 4.79 Å². The number of anilines is 1. The second-order valence-electron chi connectivity index (χ2n) is 9.50. The van der Waals surface area contributed by atoms with Gasteiger partial charge in [-0.2, -0.15) is 0 Å². The van der Waals surface area contributed by atoms with Gasteiger partial charge < -0.3 is 14.2 Å². The third-order valence-corrected chi connectivity index (χ3v) is 6.63. The lowest BCUT2D eigenvalue weighted by atomic mass is 10.0. The van der Waals surface area contributed by atoms with Crippen LogP contribution in [0.2, 0.25) is 0 Å². The van der Waals surface area contributed by atoms with E-state index in [1.54, 1.807) is 36.4 Å². The number of carbonyl (C=O) groups is 1. The molecule has 0 radical (unpaired) electrons. The second-order valence-corrected chi connectivity index (χ2v) is 9.50. The van der Waals surface area contributed by atoms with Crippen molar-refractivity contribution in [2.24, 2.45) is 0 Å². The lowest BCUT2D eigenvalue weighted by Crippen LogP contribution is -2.13. The van der Waals surface area contributed by atoms with Gasteiger partial charge in [0.05, 0.1) is 5.56 Å². The number of nitrogens with one attached hydrogen (secondary N) is 1. The molecule has 0 aliphatic rings. The highest BCUT2D eigenvalue weighted by Crippen LogP contribution is 2.30. The number of para-hydroxylation sites is 1. The average Bonchev–Trinajstić information content (AvgIpc) is 3.34. The lowest BCUT2D eigenvalue weighted by Gasteiger charge is -2.11. The fourth-order valence-corrected chi connectivity index (χ4v) is 4.68. The van der Waals surface area contributed by atoms with Crippen LogP contribution in [0.25, 0.3) is 44.7 Å². The highest BCUT2D eigenvalue weighted by atomic mass is 16.4. The standard InChI is InChI=1S/C32H24N2O4/c1-18-13-20(3)29-27(14-18)34-31(38-29)24-12-11-19(2)26(17-24)33-30(35)23-9-6-8-21(15-23)25-16-22-7-4-5-10-28(22)37-32(25)36/h4-17H,1-3H3,(H,33,35). The van der Waals surface area contributed by atoms with Gasteiger partial charge in [-0.25, -0.2) is 9.78 Å². The van der Waals surface area contributed by atoms with E-state index in [1.807, 2.05) is 63.2 Å². The van der Waals surface area contributed by atoms with E-state index in [0.29, 0.717) is 33.9 Å². The van der Waals surface area contributed by atoms with Crippen molar-refractivity contribution in [2.75, 3.05) is 5.32 Å². The van der Waals surface area contributed by atoms with Gasteiger partial charge in [0, 0.05) is 22.2 Å². The first-order chi connectivity index (χ1) is 18.4. The number of rotatable bonds is 4. The van der Waals surface area contributed by atoms with Crippen LogP contribution in [-0.4, -0.2) is 10.9 Å². The van der Waals surface area contributed by atoms with Crippen LogP contribution < -0.4 is 10.9 Å². The summed E-state index contributed by atoms with van der Waals surface area (Å²) in [5.74, 6) is 0.204. The van der Waals surface area contributed by atoms with E-state index < -0.39 is 5.63 Å². The molecule has 0 aliphatic heterocycles. The number of fused-ring (bicyclic) bond motifs is 2. The highest BCUT2D eigenvalue weighted by molar-refractivity contribution is 6.05. The third-order valence-electron chi connectivity index (χ3n) is 6.63. The zero-order valence-corrected chi connectivity index (χ0v) is 21.2. The summed E-state index contributed by atoms with van der Waals surface area (Å²) in [5, 5.41) is 3.82. The number of oxazole rings is 1. The molecular formula is C32H24N2O4. The molecule has 0 saturated heterocycles. The van der Waals surface area contributed by atoms with Crippen LogP contribution in [0.1, 0.15) is 27.0 Å². The van der Waals surface area contributed by atoms with Crippen LogP contribution in [0.3, 0.4) is 0 Å². The van der Waals surface area contributed by atoms with Crippen molar-refractivity contribution in [3.63, 3.8) is 0 Å². The number of hydrogen-bond acceptors (Lipinski definition) is 5. The molecular weight excluding hydrogens is 476 g/mol. The first-order valence-corrected chi connectivity index (χ1v) is 12.3. The molecule has 38 heavy (non-hydrogen) atoms. The van der Waals surface area contributed by atoms with Gasteiger partial charge in [-0.1, -0.05) is 42.5 Å². The summed E-state index contributed by atoms with van der Waals surface area (Å²) in [6.07, 6.45) is 0. The maximum atomic E-state index is 13.3. The maximum absolute atomic E-state index is 13.3. The third kappa shape index (κ3) is 4.26. The molecule has 0 atom stereocenters. The first kappa shape index (κ1) is 23.4. The van der Waals surface area contributed by atoms with Gasteiger partial charge in [-0.05, 0) is 85.5 Å². The van der Waals surface area contributed by atoms with Gasteiger partial charge in [0.25, 0.3) is 5.91 Å². The Kier molecular flexibility index (Phi) is 5.65. The summed E-state index contributed by atoms with van der Waals surface area (Å²) in [5.41, 5.74) is 7.53. The molecule has 2 aromatic heterocycles. The molecule has 2 heterocycles. The Balaban J connectivity index is 1.31. The molecule has 0 aliphatic carbocycles. The van der Waals surface area contributed by atoms with Gasteiger partial charge in [-0.15, -0.1) is 0 Å². The molecule has 0 bridgehead atoms. The Morgan fingerprint density at radius 2 is 1.63 bits per heavy atom. The minimum absolute atomic E-state index is 0.290. The van der Waals surface area contributed by atoms with Crippen molar-refractivity contribution in [1.29, 1.82) is 0 Å². The summed E-state index contributed by atoms with van der Waals surface area (Å²) < 4.78 is 11.5. The zero-order valence-electron chi connectivity index (χ0n) is 21.2. The smallest absolute Gasteiger partial charge is 0.344 e. The van der Waals surface area contributed by atoms with Crippen molar-refractivity contribution < 1.29 is 13.6 Å². The van der Waals surface area contributed by atoms with E-state index in [1.165, 1.54) is 0 Å². The van der Waals surface area contributed by atoms with Crippen LogP contribution >= 0.6 is 0 Å². The van der Waals surface area contributed by atoms with Gasteiger partial charge in [0.15, 0.2) is 5.58 Å². The number of amides is 1. The largest absolute Gasteiger partial charge is 0.436 e. The van der Waals surface area contributed by atoms with Crippen LogP contribution in [0.5, 0.6) is 0 Å². The summed E-state index contributed by atoms with van der Waals surface area (Å²) in [4.78, 5) is 30.6. The number of aryl methyl sites for hydroxylation is 3. The van der Waals surface area contributed by atoms with Gasteiger partial charge in [0.1, 0.15) is 11.1 Å². The Morgan fingerprint density at radius 3 is 2.50 bits per heavy atom. The molecule has 4 aromatic carbocycles. The zero-order chi connectivity index (χ0) is 26.4. The van der Waals surface area contributed by atoms with Crippen molar-refractivity contribution in [2.45, 2.75) is 20.8 Å². The molecule has 6 aromatic rings. The number of benzene rings is 4. The normalized spacial score (nSPS) is 11.2.